The number of amides is 1. The quantitative estimate of drug-likeness (QED) is 0.109. The van der Waals surface area contributed by atoms with Crippen LogP contribution in [0.5, 0.6) is 0 Å². The normalized spacial score (nSPS) is 16.0. The highest BCUT2D eigenvalue weighted by Crippen LogP contribution is 2.35. The number of anilines is 4. The molecule has 240 valence electrons. The lowest BCUT2D eigenvalue weighted by Crippen LogP contribution is -2.45. The molecule has 1 saturated heterocycles. The first kappa shape index (κ1) is 33.5. The smallest absolute Gasteiger partial charge is 0.398 e. The first-order chi connectivity index (χ1) is 21.5. The van der Waals surface area contributed by atoms with Crippen LogP contribution in [0.2, 0.25) is 0 Å². The number of carbonyl (C=O) groups is 2. The first-order valence-corrected chi connectivity index (χ1v) is 14.9. The molecular weight excluding hydrogens is 583 g/mol. The van der Waals surface area contributed by atoms with E-state index in [0.717, 1.165) is 44.8 Å². The lowest BCUT2D eigenvalue weighted by Gasteiger charge is -2.34. The molecule has 0 bridgehead atoms. The molecule has 1 heterocycles. The van der Waals surface area contributed by atoms with Crippen LogP contribution in [-0.4, -0.2) is 67.6 Å². The summed E-state index contributed by atoms with van der Waals surface area (Å²) in [6.45, 7) is 6.31. The van der Waals surface area contributed by atoms with E-state index in [9.17, 15) is 22.8 Å². The highest BCUT2D eigenvalue weighted by molar-refractivity contribution is 6.05. The summed E-state index contributed by atoms with van der Waals surface area (Å²) in [6.07, 6.45) is -1.23. The summed E-state index contributed by atoms with van der Waals surface area (Å²) in [4.78, 5) is 30.8. The summed E-state index contributed by atoms with van der Waals surface area (Å²) in [6, 6.07) is 15.8. The van der Waals surface area contributed by atoms with E-state index >= 15 is 0 Å². The minimum Gasteiger partial charge on any atom is -0.398 e. The van der Waals surface area contributed by atoms with E-state index in [-0.39, 0.29) is 23.4 Å². The van der Waals surface area contributed by atoms with E-state index in [1.54, 1.807) is 49.5 Å². The Morgan fingerprint density at radius 3 is 2.22 bits per heavy atom. The second-order valence-electron chi connectivity index (χ2n) is 11.1. The number of piperazine rings is 1. The summed E-state index contributed by atoms with van der Waals surface area (Å²) in [5.41, 5.74) is 14.1. The molecule has 1 amide bonds. The van der Waals surface area contributed by atoms with Gasteiger partial charge in [-0.3, -0.25) is 14.7 Å². The van der Waals surface area contributed by atoms with Crippen molar-refractivity contribution in [2.45, 2.75) is 32.5 Å². The molecule has 1 saturated carbocycles. The zero-order valence-electron chi connectivity index (χ0n) is 25.5. The second-order valence-corrected chi connectivity index (χ2v) is 11.1. The molecule has 5 rings (SSSR count). The zero-order valence-corrected chi connectivity index (χ0v) is 25.5. The summed E-state index contributed by atoms with van der Waals surface area (Å²) >= 11 is 0. The Balaban J connectivity index is 0.000000838. The van der Waals surface area contributed by atoms with Gasteiger partial charge in [0.05, 0.1) is 5.56 Å². The maximum absolute atomic E-state index is 14.0. The number of hydrogen-bond acceptors (Lipinski definition) is 7. The fraction of sp³-hybridized carbons (Fsp3) is 0.364. The molecule has 1 aliphatic carbocycles. The van der Waals surface area contributed by atoms with E-state index in [1.165, 1.54) is 12.1 Å². The highest BCUT2D eigenvalue weighted by Gasteiger charge is 2.34. The minimum absolute atomic E-state index is 0.0776. The zero-order chi connectivity index (χ0) is 32.6. The molecule has 0 unspecified atom stereocenters. The average molecular weight is 624 g/mol. The topological polar surface area (TPSA) is 129 Å². The van der Waals surface area contributed by atoms with Gasteiger partial charge < -0.3 is 31.8 Å². The first-order valence-electron chi connectivity index (χ1n) is 14.9. The molecule has 0 radical (unpaired) electrons. The van der Waals surface area contributed by atoms with E-state index in [4.69, 9.17) is 11.5 Å². The number of nitrogens with two attached hydrogens (primary N) is 2. The average Bonchev–Trinajstić information content (AvgIpc) is 3.87. The van der Waals surface area contributed by atoms with Crippen LogP contribution in [0.4, 0.5) is 35.9 Å². The lowest BCUT2D eigenvalue weighted by molar-refractivity contribution is -0.138. The van der Waals surface area contributed by atoms with Crippen LogP contribution in [0, 0.1) is 5.92 Å². The number of amidine groups is 1. The number of nitrogen functional groups attached to an aromatic ring is 1. The van der Waals surface area contributed by atoms with Gasteiger partial charge in [0.1, 0.15) is 12.1 Å². The number of alkyl halides is 3. The second kappa shape index (κ2) is 15.0. The summed E-state index contributed by atoms with van der Waals surface area (Å²) in [7, 11) is 1.57. The predicted octanol–water partition coefficient (Wildman–Crippen LogP) is 5.35. The van der Waals surface area contributed by atoms with Crippen LogP contribution < -0.4 is 22.1 Å². The van der Waals surface area contributed by atoms with Crippen LogP contribution in [0.25, 0.3) is 0 Å². The van der Waals surface area contributed by atoms with E-state index in [0.29, 0.717) is 47.5 Å². The Hall–Kier alpha value is -4.42. The molecule has 45 heavy (non-hydrogen) atoms. The van der Waals surface area contributed by atoms with Crippen LogP contribution >= 0.6 is 0 Å². The molecule has 0 aromatic heterocycles. The Kier molecular flexibility index (Phi) is 11.2. The van der Waals surface area contributed by atoms with Crippen molar-refractivity contribution in [2.24, 2.45) is 16.6 Å². The molecule has 0 atom stereocenters. The highest BCUT2D eigenvalue weighted by atomic mass is 19.4. The van der Waals surface area contributed by atoms with Gasteiger partial charge in [-0.2, -0.15) is 13.2 Å². The van der Waals surface area contributed by atoms with E-state index in [2.05, 4.69) is 27.4 Å². The van der Waals surface area contributed by atoms with E-state index < -0.39 is 17.6 Å². The number of aldehydes is 1. The monoisotopic (exact) mass is 623 g/mol. The maximum atomic E-state index is 14.0. The van der Waals surface area contributed by atoms with E-state index in [1.807, 2.05) is 4.90 Å². The number of halogens is 3. The van der Waals surface area contributed by atoms with Gasteiger partial charge in [0.2, 0.25) is 0 Å². The van der Waals surface area contributed by atoms with Crippen molar-refractivity contribution in [3.63, 3.8) is 0 Å². The largest absolute Gasteiger partial charge is 0.416 e. The van der Waals surface area contributed by atoms with Crippen LogP contribution in [0.1, 0.15) is 46.8 Å². The van der Waals surface area contributed by atoms with Gasteiger partial charge in [-0.25, -0.2) is 0 Å². The lowest BCUT2D eigenvalue weighted by atomic mass is 10.0. The molecule has 12 heteroatoms. The summed E-state index contributed by atoms with van der Waals surface area (Å²) in [5, 5.41) is 5.78. The third kappa shape index (κ3) is 9.53. The van der Waals surface area contributed by atoms with Crippen molar-refractivity contribution >= 4 is 40.8 Å². The van der Waals surface area contributed by atoms with Crippen molar-refractivity contribution in [3.8, 4) is 0 Å². The van der Waals surface area contributed by atoms with Gasteiger partial charge in [-0.1, -0.05) is 19.1 Å². The fourth-order valence-corrected chi connectivity index (χ4v) is 4.90. The standard InChI is InChI=1S/C29H34F3N7O.C4H6O/c1-3-38-11-13-39(14-12-38)18-20-7-8-22(16-25(20)29(30,31)32)37-28(40)19-5-4-6-21(15-19)36-23-9-10-24(26(33)17-23)27(34)35-2;5-3-4-1-2-4/h4-10,15-17,36H,3,11-14,18,33H2,1-2H3,(H2,34,35)(H,37,40);3-4H,1-2H2. The number of aliphatic imine (C=N–C) groups is 1. The molecule has 2 aliphatic rings. The molecule has 6 N–H and O–H groups in total. The molecular formula is C33H40F3N7O2. The molecule has 3 aromatic carbocycles. The maximum Gasteiger partial charge on any atom is 0.416 e. The predicted molar refractivity (Wildman–Crippen MR) is 173 cm³/mol. The molecule has 3 aromatic rings. The van der Waals surface area contributed by atoms with Gasteiger partial charge in [0.25, 0.3) is 5.91 Å². The van der Waals surface area contributed by atoms with Gasteiger partial charge in [0.15, 0.2) is 0 Å². The van der Waals surface area contributed by atoms with Crippen molar-refractivity contribution in [2.75, 3.05) is 56.1 Å². The third-order valence-corrected chi connectivity index (χ3v) is 7.78. The number of nitrogens with zero attached hydrogens (tertiary/aromatic N) is 3. The van der Waals surface area contributed by atoms with Crippen molar-refractivity contribution in [1.82, 2.24) is 9.80 Å². The summed E-state index contributed by atoms with van der Waals surface area (Å²) in [5.74, 6) is 0.247. The van der Waals surface area contributed by atoms with Gasteiger partial charge in [-0.05, 0) is 73.5 Å². The minimum atomic E-state index is -4.55. The summed E-state index contributed by atoms with van der Waals surface area (Å²) < 4.78 is 41.9. The van der Waals surface area contributed by atoms with Gasteiger partial charge in [-0.15, -0.1) is 0 Å². The number of carbonyl (C=O) groups excluding carboxylic acids is 2. The molecule has 2 fully saturated rings. The number of nitrogens with one attached hydrogen (secondary N) is 2. The molecule has 9 nitrogen and oxygen atoms in total. The van der Waals surface area contributed by atoms with Gasteiger partial charge >= 0.3 is 6.18 Å². The Labute approximate surface area is 261 Å². The number of hydrogen-bond donors (Lipinski definition) is 4. The third-order valence-electron chi connectivity index (χ3n) is 7.78. The number of rotatable bonds is 9. The molecule has 1 aliphatic heterocycles. The van der Waals surface area contributed by atoms with Gasteiger partial charge in [0, 0.05) is 79.6 Å². The van der Waals surface area contributed by atoms with Crippen molar-refractivity contribution in [3.05, 3.63) is 82.9 Å². The Bertz CT molecular complexity index is 1510. The Morgan fingerprint density at radius 1 is 0.978 bits per heavy atom. The Morgan fingerprint density at radius 2 is 1.64 bits per heavy atom. The number of benzene rings is 3. The van der Waals surface area contributed by atoms with Crippen molar-refractivity contribution < 1.29 is 22.8 Å². The fourth-order valence-electron chi connectivity index (χ4n) is 4.90. The number of likely N-dealkylation sites (N-methyl/N-ethyl adjacent to an activating group) is 1. The van der Waals surface area contributed by atoms with Crippen molar-refractivity contribution in [1.29, 1.82) is 0 Å². The van der Waals surface area contributed by atoms with Crippen LogP contribution in [-0.2, 0) is 17.5 Å². The molecule has 0 spiro atoms. The SMILES string of the molecule is CCN1CCN(Cc2ccc(NC(=O)c3cccc(Nc4ccc(C(N)=NC)c(N)c4)c3)cc2C(F)(F)F)CC1.O=CC1CC1. The van der Waals surface area contributed by atoms with Crippen LogP contribution in [0.15, 0.2) is 65.7 Å². The van der Waals surface area contributed by atoms with Crippen LogP contribution in [0.3, 0.4) is 0 Å².